The Balaban J connectivity index is 1.37. The summed E-state index contributed by atoms with van der Waals surface area (Å²) in [5.74, 6) is 0.195. The summed E-state index contributed by atoms with van der Waals surface area (Å²) >= 11 is 0. The van der Waals surface area contributed by atoms with Crippen molar-refractivity contribution in [3.05, 3.63) is 71.4 Å². The summed E-state index contributed by atoms with van der Waals surface area (Å²) in [6.07, 6.45) is 8.56. The molecule has 0 bridgehead atoms. The maximum absolute atomic E-state index is 13.7. The summed E-state index contributed by atoms with van der Waals surface area (Å²) < 4.78 is 1.99. The lowest BCUT2D eigenvalue weighted by Crippen LogP contribution is -2.42. The number of rotatable bonds is 5. The van der Waals surface area contributed by atoms with Crippen molar-refractivity contribution < 1.29 is 4.79 Å². The predicted octanol–water partition coefficient (Wildman–Crippen LogP) is 5.64. The Bertz CT molecular complexity index is 1080. The van der Waals surface area contributed by atoms with Gasteiger partial charge < -0.3 is 5.32 Å². The molecule has 4 nitrogen and oxygen atoms in total. The van der Waals surface area contributed by atoms with Crippen molar-refractivity contribution in [2.45, 2.75) is 64.3 Å². The lowest BCUT2D eigenvalue weighted by atomic mass is 9.69. The van der Waals surface area contributed by atoms with Crippen LogP contribution in [0.25, 0.3) is 10.9 Å². The van der Waals surface area contributed by atoms with Gasteiger partial charge in [0.25, 0.3) is 0 Å². The molecule has 2 heterocycles. The molecular weight excluding hydrogens is 382 g/mol. The molecule has 1 fully saturated rings. The van der Waals surface area contributed by atoms with Crippen molar-refractivity contribution in [2.24, 2.45) is 5.41 Å². The number of nitrogens with zero attached hydrogens (tertiary/aromatic N) is 1. The van der Waals surface area contributed by atoms with Crippen LogP contribution in [0.3, 0.4) is 0 Å². The van der Waals surface area contributed by atoms with Gasteiger partial charge in [0.15, 0.2) is 0 Å². The molecule has 1 atom stereocenters. The van der Waals surface area contributed by atoms with Crippen LogP contribution in [0.5, 0.6) is 0 Å². The van der Waals surface area contributed by atoms with E-state index in [9.17, 15) is 4.79 Å². The average molecular weight is 416 g/mol. The summed E-state index contributed by atoms with van der Waals surface area (Å²) in [6, 6.07) is 19.6. The van der Waals surface area contributed by atoms with Crippen LogP contribution in [0.1, 0.15) is 67.8 Å². The van der Waals surface area contributed by atoms with Crippen molar-refractivity contribution in [2.75, 3.05) is 12.0 Å². The fourth-order valence-electron chi connectivity index (χ4n) is 5.75. The van der Waals surface area contributed by atoms with E-state index in [0.717, 1.165) is 62.7 Å². The number of carbonyl (C=O) groups is 1. The summed E-state index contributed by atoms with van der Waals surface area (Å²) in [6.45, 7) is 3.09. The van der Waals surface area contributed by atoms with Crippen LogP contribution in [0, 0.1) is 12.3 Å². The van der Waals surface area contributed by atoms with Crippen LogP contribution < -0.4 is 10.7 Å². The lowest BCUT2D eigenvalue weighted by molar-refractivity contribution is -0.129. The van der Waals surface area contributed by atoms with Crippen LogP contribution in [-0.4, -0.2) is 17.1 Å². The Kier molecular flexibility index (Phi) is 5.58. The first-order chi connectivity index (χ1) is 15.2. The second-order valence-corrected chi connectivity index (χ2v) is 9.46. The van der Waals surface area contributed by atoms with Crippen molar-refractivity contribution in [1.82, 2.24) is 9.99 Å². The van der Waals surface area contributed by atoms with Crippen molar-refractivity contribution >= 4 is 16.8 Å². The predicted molar refractivity (Wildman–Crippen MR) is 127 cm³/mol. The Hall–Kier alpha value is -2.59. The highest BCUT2D eigenvalue weighted by atomic mass is 16.2. The smallest absolute Gasteiger partial charge is 0.245 e. The summed E-state index contributed by atoms with van der Waals surface area (Å²) in [5.41, 5.74) is 8.06. The van der Waals surface area contributed by atoms with Gasteiger partial charge in [-0.2, -0.15) is 0 Å². The number of aromatic nitrogens is 1. The van der Waals surface area contributed by atoms with Crippen LogP contribution >= 0.6 is 0 Å². The maximum Gasteiger partial charge on any atom is 0.245 e. The molecule has 2 N–H and O–H groups in total. The number of aryl methyl sites for hydroxylation is 1. The third-order valence-corrected chi connectivity index (χ3v) is 7.53. The van der Waals surface area contributed by atoms with Crippen LogP contribution in [0.15, 0.2) is 54.6 Å². The minimum Gasteiger partial charge on any atom is -0.310 e. The molecule has 2 aliphatic rings. The molecular formula is C27H33N3O. The highest BCUT2D eigenvalue weighted by Crippen LogP contribution is 2.43. The van der Waals surface area contributed by atoms with Crippen molar-refractivity contribution in [3.63, 3.8) is 0 Å². The molecule has 0 radical (unpaired) electrons. The Morgan fingerprint density at radius 2 is 1.87 bits per heavy atom. The summed E-state index contributed by atoms with van der Waals surface area (Å²) in [4.78, 5) is 13.7. The molecule has 1 aromatic heterocycles. The zero-order valence-corrected chi connectivity index (χ0v) is 18.5. The van der Waals surface area contributed by atoms with Gasteiger partial charge in [-0.1, -0.05) is 61.7 Å². The normalized spacial score (nSPS) is 20.4. The van der Waals surface area contributed by atoms with Gasteiger partial charge in [-0.25, -0.2) is 0 Å². The molecule has 1 saturated carbocycles. The van der Waals surface area contributed by atoms with Gasteiger partial charge >= 0.3 is 0 Å². The van der Waals surface area contributed by atoms with Crippen LogP contribution in [0.2, 0.25) is 0 Å². The number of amides is 1. The highest BCUT2D eigenvalue weighted by Gasteiger charge is 2.40. The lowest BCUT2D eigenvalue weighted by Gasteiger charge is -2.38. The molecule has 4 heteroatoms. The zero-order valence-electron chi connectivity index (χ0n) is 18.5. The number of hydrogen-bond acceptors (Lipinski definition) is 2. The molecule has 162 valence electrons. The fraction of sp³-hybridized carbons (Fsp3) is 0.444. The van der Waals surface area contributed by atoms with Gasteiger partial charge in [0, 0.05) is 17.1 Å². The van der Waals surface area contributed by atoms with Crippen molar-refractivity contribution in [3.8, 4) is 0 Å². The van der Waals surface area contributed by atoms with E-state index in [2.05, 4.69) is 60.1 Å². The molecule has 1 aliphatic carbocycles. The molecule has 0 spiro atoms. The van der Waals surface area contributed by atoms with Crippen LogP contribution in [0.4, 0.5) is 0 Å². The van der Waals surface area contributed by atoms with E-state index in [0.29, 0.717) is 6.04 Å². The zero-order chi connectivity index (χ0) is 21.3. The second kappa shape index (κ2) is 8.51. The molecule has 1 unspecified atom stereocenters. The fourth-order valence-corrected chi connectivity index (χ4v) is 5.75. The van der Waals surface area contributed by atoms with Gasteiger partial charge in [0.1, 0.15) is 0 Å². The molecule has 5 rings (SSSR count). The van der Waals surface area contributed by atoms with E-state index in [-0.39, 0.29) is 11.3 Å². The van der Waals surface area contributed by atoms with E-state index in [1.54, 1.807) is 0 Å². The largest absolute Gasteiger partial charge is 0.310 e. The van der Waals surface area contributed by atoms with Gasteiger partial charge in [0.05, 0.1) is 10.9 Å². The summed E-state index contributed by atoms with van der Waals surface area (Å²) in [5, 5.41) is 4.88. The topological polar surface area (TPSA) is 46.1 Å². The maximum atomic E-state index is 13.7. The van der Waals surface area contributed by atoms with E-state index < -0.39 is 0 Å². The average Bonchev–Trinajstić information content (AvgIpc) is 3.13. The SMILES string of the molecule is Cc1cc2ccccc2n1NC(=O)C1(CCC2NCCc3ccccc32)CCCCC1. The third-order valence-electron chi connectivity index (χ3n) is 7.53. The first-order valence-electron chi connectivity index (χ1n) is 11.9. The molecule has 2 aromatic carbocycles. The van der Waals surface area contributed by atoms with E-state index in [1.807, 2.05) is 16.8 Å². The number of nitrogens with one attached hydrogen (secondary N) is 2. The van der Waals surface area contributed by atoms with Gasteiger partial charge in [0.2, 0.25) is 5.91 Å². The minimum absolute atomic E-state index is 0.195. The number of hydrogen-bond donors (Lipinski definition) is 2. The van der Waals surface area contributed by atoms with E-state index in [1.165, 1.54) is 22.9 Å². The van der Waals surface area contributed by atoms with Gasteiger partial charge in [-0.3, -0.25) is 14.9 Å². The molecule has 0 saturated heterocycles. The minimum atomic E-state index is -0.274. The van der Waals surface area contributed by atoms with E-state index in [4.69, 9.17) is 0 Å². The Morgan fingerprint density at radius 3 is 2.74 bits per heavy atom. The first kappa shape index (κ1) is 20.3. The molecule has 31 heavy (non-hydrogen) atoms. The van der Waals surface area contributed by atoms with Crippen molar-refractivity contribution in [1.29, 1.82) is 0 Å². The number of fused-ring (bicyclic) bond motifs is 2. The monoisotopic (exact) mass is 415 g/mol. The molecule has 1 aliphatic heterocycles. The Labute approximate surface area is 185 Å². The quantitative estimate of drug-likeness (QED) is 0.567. The molecule has 3 aromatic rings. The number of carbonyl (C=O) groups excluding carboxylic acids is 1. The second-order valence-electron chi connectivity index (χ2n) is 9.46. The standard InChI is InChI=1S/C27H33N3O/c1-20-19-22-10-4-6-12-25(22)30(20)29-26(31)27(15-7-2-8-16-27)17-13-24-23-11-5-3-9-21(23)14-18-28-24/h3-6,9-12,19,24,28H,2,7-8,13-18H2,1H3,(H,29,31). The molecule has 1 amide bonds. The van der Waals surface area contributed by atoms with E-state index >= 15 is 0 Å². The first-order valence-corrected chi connectivity index (χ1v) is 11.9. The van der Waals surface area contributed by atoms with Gasteiger partial charge in [-0.05, 0) is 68.8 Å². The van der Waals surface area contributed by atoms with Crippen LogP contribution in [-0.2, 0) is 11.2 Å². The third kappa shape index (κ3) is 3.89. The Morgan fingerprint density at radius 1 is 1.10 bits per heavy atom. The van der Waals surface area contributed by atoms with Gasteiger partial charge in [-0.15, -0.1) is 0 Å². The number of para-hydroxylation sites is 1. The number of benzene rings is 2. The summed E-state index contributed by atoms with van der Waals surface area (Å²) in [7, 11) is 0. The highest BCUT2D eigenvalue weighted by molar-refractivity contribution is 5.92.